The molecule has 1 atom stereocenters. The molecule has 3 N–H and O–H groups in total. The van der Waals surface area contributed by atoms with E-state index in [9.17, 15) is 9.59 Å². The lowest BCUT2D eigenvalue weighted by atomic mass is 9.97. The van der Waals surface area contributed by atoms with Crippen LogP contribution in [0.1, 0.15) is 35.3 Å². The molecule has 1 aliphatic heterocycles. The summed E-state index contributed by atoms with van der Waals surface area (Å²) < 4.78 is 7.16. The molecule has 0 bridgehead atoms. The highest BCUT2D eigenvalue weighted by Crippen LogP contribution is 2.27. The summed E-state index contributed by atoms with van der Waals surface area (Å²) in [5.41, 5.74) is 7.98. The van der Waals surface area contributed by atoms with Crippen LogP contribution in [0.25, 0.3) is 22.5 Å². The van der Waals surface area contributed by atoms with Crippen LogP contribution >= 0.6 is 0 Å². The van der Waals surface area contributed by atoms with Gasteiger partial charge in [-0.15, -0.1) is 0 Å². The van der Waals surface area contributed by atoms with E-state index >= 15 is 0 Å². The Kier molecular flexibility index (Phi) is 6.03. The third kappa shape index (κ3) is 4.46. The number of hydrogen-bond donors (Lipinski definition) is 2. The second-order valence-corrected chi connectivity index (χ2v) is 8.09. The van der Waals surface area contributed by atoms with Crippen LogP contribution in [0.4, 0.5) is 0 Å². The number of aryl methyl sites for hydroxylation is 2. The van der Waals surface area contributed by atoms with Gasteiger partial charge in [-0.05, 0) is 57.5 Å². The number of hydrogen-bond acceptors (Lipinski definition) is 6. The predicted molar refractivity (Wildman–Crippen MR) is 116 cm³/mol. The highest BCUT2D eigenvalue weighted by molar-refractivity contribution is 6.07. The SMILES string of the molecule is Cc1nn(C)c2nc(-c3ccco3)cc(C(=O)NCCCN3CCCC(C(N)=O)C3)c12. The lowest BCUT2D eigenvalue weighted by molar-refractivity contribution is -0.123. The standard InChI is InChI=1S/C22H28N6O3/c1-14-19-16(12-17(18-7-4-11-31-18)25-21(19)27(2)26-14)22(30)24-8-5-10-28-9-3-6-15(13-28)20(23)29/h4,7,11-12,15H,3,5-6,8-10,13H2,1-2H3,(H2,23,29)(H,24,30). The van der Waals surface area contributed by atoms with Gasteiger partial charge in [0.15, 0.2) is 11.4 Å². The number of fused-ring (bicyclic) bond motifs is 1. The molecule has 3 aromatic heterocycles. The minimum absolute atomic E-state index is 0.0676. The van der Waals surface area contributed by atoms with E-state index in [2.05, 4.69) is 20.3 Å². The van der Waals surface area contributed by atoms with Gasteiger partial charge in [0, 0.05) is 20.1 Å². The van der Waals surface area contributed by atoms with E-state index in [0.29, 0.717) is 35.8 Å². The average Bonchev–Trinajstić information content (AvgIpc) is 3.39. The molecule has 2 amide bonds. The molecule has 4 heterocycles. The first-order valence-electron chi connectivity index (χ1n) is 10.6. The summed E-state index contributed by atoms with van der Waals surface area (Å²) in [6, 6.07) is 5.36. The highest BCUT2D eigenvalue weighted by Gasteiger charge is 2.24. The number of likely N-dealkylation sites (tertiary alicyclic amines) is 1. The number of rotatable bonds is 7. The molecule has 31 heavy (non-hydrogen) atoms. The normalized spacial score (nSPS) is 17.2. The van der Waals surface area contributed by atoms with Crippen LogP contribution in [-0.4, -0.2) is 57.7 Å². The molecular weight excluding hydrogens is 396 g/mol. The number of primary amides is 1. The van der Waals surface area contributed by atoms with E-state index in [1.165, 1.54) is 0 Å². The van der Waals surface area contributed by atoms with Crippen LogP contribution in [0.15, 0.2) is 28.9 Å². The third-order valence-corrected chi connectivity index (χ3v) is 5.83. The number of nitrogens with one attached hydrogen (secondary N) is 1. The largest absolute Gasteiger partial charge is 0.463 e. The first kappa shape index (κ1) is 21.0. The van der Waals surface area contributed by atoms with Gasteiger partial charge < -0.3 is 20.4 Å². The zero-order valence-electron chi connectivity index (χ0n) is 17.9. The van der Waals surface area contributed by atoms with Gasteiger partial charge in [-0.3, -0.25) is 14.3 Å². The fourth-order valence-corrected chi connectivity index (χ4v) is 4.27. The van der Waals surface area contributed by atoms with Crippen molar-refractivity contribution in [1.29, 1.82) is 0 Å². The van der Waals surface area contributed by atoms with Crippen molar-refractivity contribution < 1.29 is 14.0 Å². The monoisotopic (exact) mass is 424 g/mol. The summed E-state index contributed by atoms with van der Waals surface area (Å²) in [4.78, 5) is 31.4. The smallest absolute Gasteiger partial charge is 0.252 e. The van der Waals surface area contributed by atoms with Crippen LogP contribution in [0.5, 0.6) is 0 Å². The quantitative estimate of drug-likeness (QED) is 0.559. The van der Waals surface area contributed by atoms with Crippen LogP contribution in [0.2, 0.25) is 0 Å². The van der Waals surface area contributed by atoms with Crippen molar-refractivity contribution in [2.24, 2.45) is 18.7 Å². The molecule has 0 spiro atoms. The summed E-state index contributed by atoms with van der Waals surface area (Å²) in [6.07, 6.45) is 4.22. The van der Waals surface area contributed by atoms with Crippen molar-refractivity contribution in [1.82, 2.24) is 25.0 Å². The molecule has 4 rings (SSSR count). The highest BCUT2D eigenvalue weighted by atomic mass is 16.3. The minimum Gasteiger partial charge on any atom is -0.463 e. The van der Waals surface area contributed by atoms with Gasteiger partial charge >= 0.3 is 0 Å². The molecule has 0 radical (unpaired) electrons. The molecule has 164 valence electrons. The van der Waals surface area contributed by atoms with Crippen molar-refractivity contribution >= 4 is 22.8 Å². The zero-order chi connectivity index (χ0) is 22.0. The maximum absolute atomic E-state index is 13.1. The number of nitrogens with two attached hydrogens (primary N) is 1. The van der Waals surface area contributed by atoms with E-state index in [1.807, 2.05) is 20.0 Å². The third-order valence-electron chi connectivity index (χ3n) is 5.83. The first-order chi connectivity index (χ1) is 14.9. The number of piperidine rings is 1. The van der Waals surface area contributed by atoms with Gasteiger partial charge in [-0.2, -0.15) is 5.10 Å². The van der Waals surface area contributed by atoms with E-state index in [0.717, 1.165) is 43.4 Å². The van der Waals surface area contributed by atoms with Crippen LogP contribution < -0.4 is 11.1 Å². The van der Waals surface area contributed by atoms with Gasteiger partial charge in [0.1, 0.15) is 5.69 Å². The number of amides is 2. The molecule has 3 aromatic rings. The summed E-state index contributed by atoms with van der Waals surface area (Å²) >= 11 is 0. The van der Waals surface area contributed by atoms with E-state index < -0.39 is 0 Å². The predicted octanol–water partition coefficient (Wildman–Crippen LogP) is 1.85. The maximum atomic E-state index is 13.1. The van der Waals surface area contributed by atoms with E-state index in [-0.39, 0.29) is 17.7 Å². The summed E-state index contributed by atoms with van der Waals surface area (Å²) in [5, 5.41) is 8.20. The molecule has 1 aliphatic rings. The molecule has 0 saturated carbocycles. The van der Waals surface area contributed by atoms with Gasteiger partial charge in [0.05, 0.1) is 28.8 Å². The zero-order valence-corrected chi connectivity index (χ0v) is 17.9. The van der Waals surface area contributed by atoms with Crippen LogP contribution in [0.3, 0.4) is 0 Å². The number of pyridine rings is 1. The van der Waals surface area contributed by atoms with Crippen LogP contribution in [-0.2, 0) is 11.8 Å². The Morgan fingerprint density at radius 2 is 2.23 bits per heavy atom. The summed E-state index contributed by atoms with van der Waals surface area (Å²) in [5.74, 6) is 0.148. The van der Waals surface area contributed by atoms with Gasteiger partial charge in [-0.25, -0.2) is 4.98 Å². The van der Waals surface area contributed by atoms with E-state index in [1.54, 1.807) is 23.1 Å². The number of furan rings is 1. The first-order valence-corrected chi connectivity index (χ1v) is 10.6. The molecule has 1 fully saturated rings. The number of carbonyl (C=O) groups is 2. The molecule has 1 unspecified atom stereocenters. The fraction of sp³-hybridized carbons (Fsp3) is 0.455. The number of aromatic nitrogens is 3. The molecule has 0 aromatic carbocycles. The number of nitrogens with zero attached hydrogens (tertiary/aromatic N) is 4. The minimum atomic E-state index is -0.223. The lowest BCUT2D eigenvalue weighted by Crippen LogP contribution is -2.42. The molecule has 9 heteroatoms. The lowest BCUT2D eigenvalue weighted by Gasteiger charge is -2.31. The number of carbonyl (C=O) groups excluding carboxylic acids is 2. The van der Waals surface area contributed by atoms with Crippen LogP contribution in [0, 0.1) is 12.8 Å². The molecule has 9 nitrogen and oxygen atoms in total. The summed E-state index contributed by atoms with van der Waals surface area (Å²) in [6.45, 7) is 4.90. The molecular formula is C22H28N6O3. The average molecular weight is 425 g/mol. The van der Waals surface area contributed by atoms with Crippen molar-refractivity contribution in [2.45, 2.75) is 26.2 Å². The Balaban J connectivity index is 1.44. The van der Waals surface area contributed by atoms with E-state index in [4.69, 9.17) is 10.2 Å². The Labute approximate surface area is 180 Å². The van der Waals surface area contributed by atoms with Gasteiger partial charge in [0.25, 0.3) is 5.91 Å². The Bertz CT molecular complexity index is 1090. The molecule has 0 aliphatic carbocycles. The Hall–Kier alpha value is -3.20. The van der Waals surface area contributed by atoms with Crippen molar-refractivity contribution in [3.05, 3.63) is 35.7 Å². The molecule has 1 saturated heterocycles. The van der Waals surface area contributed by atoms with Crippen molar-refractivity contribution in [3.8, 4) is 11.5 Å². The van der Waals surface area contributed by atoms with Crippen molar-refractivity contribution in [2.75, 3.05) is 26.2 Å². The fourth-order valence-electron chi connectivity index (χ4n) is 4.27. The second kappa shape index (κ2) is 8.89. The maximum Gasteiger partial charge on any atom is 0.252 e. The van der Waals surface area contributed by atoms with Crippen molar-refractivity contribution in [3.63, 3.8) is 0 Å². The Morgan fingerprint density at radius 3 is 2.97 bits per heavy atom. The van der Waals surface area contributed by atoms with Gasteiger partial charge in [-0.1, -0.05) is 0 Å². The van der Waals surface area contributed by atoms with Gasteiger partial charge in [0.2, 0.25) is 5.91 Å². The summed E-state index contributed by atoms with van der Waals surface area (Å²) in [7, 11) is 1.81. The Morgan fingerprint density at radius 1 is 1.39 bits per heavy atom. The topological polar surface area (TPSA) is 119 Å². The second-order valence-electron chi connectivity index (χ2n) is 8.09.